The van der Waals surface area contributed by atoms with Crippen molar-refractivity contribution in [2.45, 2.75) is 33.7 Å². The highest BCUT2D eigenvalue weighted by Gasteiger charge is 2.00. The van der Waals surface area contributed by atoms with Gasteiger partial charge in [0, 0.05) is 25.4 Å². The predicted molar refractivity (Wildman–Crippen MR) is 46.4 cm³/mol. The van der Waals surface area contributed by atoms with Crippen molar-refractivity contribution in [2.75, 3.05) is 0 Å². The van der Waals surface area contributed by atoms with E-state index in [0.29, 0.717) is 5.92 Å². The van der Waals surface area contributed by atoms with Crippen molar-refractivity contribution in [2.24, 2.45) is 5.92 Å². The zero-order chi connectivity index (χ0) is 8.27. The Labute approximate surface area is 68.3 Å². The highest BCUT2D eigenvalue weighted by Crippen LogP contribution is 2.03. The van der Waals surface area contributed by atoms with Gasteiger partial charge < -0.3 is 4.57 Å². The molecule has 11 heavy (non-hydrogen) atoms. The van der Waals surface area contributed by atoms with E-state index in [1.807, 2.05) is 6.20 Å². The molecule has 0 atom stereocenters. The van der Waals surface area contributed by atoms with Gasteiger partial charge in [0.05, 0.1) is 0 Å². The zero-order valence-electron chi connectivity index (χ0n) is 7.54. The number of nitrogens with zero attached hydrogens (tertiary/aromatic N) is 2. The summed E-state index contributed by atoms with van der Waals surface area (Å²) in [4.78, 5) is 4.25. The zero-order valence-corrected chi connectivity index (χ0v) is 7.54. The highest BCUT2D eigenvalue weighted by molar-refractivity contribution is 4.91. The van der Waals surface area contributed by atoms with Crippen LogP contribution in [0.5, 0.6) is 0 Å². The van der Waals surface area contributed by atoms with Gasteiger partial charge in [-0.25, -0.2) is 4.98 Å². The van der Waals surface area contributed by atoms with Gasteiger partial charge in [0.15, 0.2) is 0 Å². The standard InChI is InChI=1S/C9H16N2/c1-4-9-10-5-6-11(9)7-8(2)3/h5-6,8H,4,7H2,1-3H3. The quantitative estimate of drug-likeness (QED) is 0.648. The number of rotatable bonds is 3. The minimum atomic E-state index is 0.703. The fourth-order valence-corrected chi connectivity index (χ4v) is 1.21. The molecule has 0 amide bonds. The summed E-state index contributed by atoms with van der Waals surface area (Å²) >= 11 is 0. The maximum atomic E-state index is 4.25. The summed E-state index contributed by atoms with van der Waals surface area (Å²) in [5, 5.41) is 0. The first kappa shape index (κ1) is 8.31. The molecule has 0 aliphatic heterocycles. The second kappa shape index (κ2) is 3.56. The lowest BCUT2D eigenvalue weighted by Crippen LogP contribution is -2.06. The van der Waals surface area contributed by atoms with Crippen LogP contribution in [0.15, 0.2) is 12.4 Å². The topological polar surface area (TPSA) is 17.8 Å². The molecule has 1 heterocycles. The van der Waals surface area contributed by atoms with E-state index in [9.17, 15) is 0 Å². The first-order valence-corrected chi connectivity index (χ1v) is 4.24. The minimum Gasteiger partial charge on any atom is -0.335 e. The normalized spacial score (nSPS) is 10.9. The molecule has 2 nitrogen and oxygen atoms in total. The third-order valence-electron chi connectivity index (χ3n) is 1.68. The summed E-state index contributed by atoms with van der Waals surface area (Å²) in [6.45, 7) is 7.67. The number of imidazole rings is 1. The molecule has 2 heteroatoms. The third kappa shape index (κ3) is 2.07. The Morgan fingerprint density at radius 3 is 2.82 bits per heavy atom. The van der Waals surface area contributed by atoms with E-state index >= 15 is 0 Å². The summed E-state index contributed by atoms with van der Waals surface area (Å²) in [5.74, 6) is 1.90. The molecule has 0 aliphatic rings. The number of aryl methyl sites for hydroxylation is 1. The van der Waals surface area contributed by atoms with Crippen molar-refractivity contribution < 1.29 is 0 Å². The molecule has 0 spiro atoms. The van der Waals surface area contributed by atoms with E-state index in [-0.39, 0.29) is 0 Å². The van der Waals surface area contributed by atoms with Crippen LogP contribution in [-0.4, -0.2) is 9.55 Å². The Kier molecular flexibility index (Phi) is 2.69. The van der Waals surface area contributed by atoms with Crippen molar-refractivity contribution in [1.29, 1.82) is 0 Å². The van der Waals surface area contributed by atoms with E-state index in [4.69, 9.17) is 0 Å². The fraction of sp³-hybridized carbons (Fsp3) is 0.667. The fourth-order valence-electron chi connectivity index (χ4n) is 1.21. The maximum Gasteiger partial charge on any atom is 0.108 e. The summed E-state index contributed by atoms with van der Waals surface area (Å²) < 4.78 is 2.23. The van der Waals surface area contributed by atoms with Gasteiger partial charge in [-0.2, -0.15) is 0 Å². The molecule has 0 saturated heterocycles. The Morgan fingerprint density at radius 2 is 2.27 bits per heavy atom. The lowest BCUT2D eigenvalue weighted by atomic mass is 10.2. The van der Waals surface area contributed by atoms with Gasteiger partial charge in [-0.1, -0.05) is 20.8 Å². The Bertz CT molecular complexity index is 213. The van der Waals surface area contributed by atoms with E-state index < -0.39 is 0 Å². The highest BCUT2D eigenvalue weighted by atomic mass is 15.1. The molecule has 0 fully saturated rings. The second-order valence-corrected chi connectivity index (χ2v) is 3.24. The monoisotopic (exact) mass is 152 g/mol. The second-order valence-electron chi connectivity index (χ2n) is 3.24. The number of hydrogen-bond acceptors (Lipinski definition) is 1. The Hall–Kier alpha value is -0.790. The molecule has 62 valence electrons. The van der Waals surface area contributed by atoms with E-state index in [2.05, 4.69) is 36.5 Å². The van der Waals surface area contributed by atoms with E-state index in [0.717, 1.165) is 13.0 Å². The van der Waals surface area contributed by atoms with Crippen LogP contribution < -0.4 is 0 Å². The van der Waals surface area contributed by atoms with Crippen LogP contribution in [-0.2, 0) is 13.0 Å². The Balaban J connectivity index is 2.68. The lowest BCUT2D eigenvalue weighted by molar-refractivity contribution is 0.508. The van der Waals surface area contributed by atoms with Crippen molar-refractivity contribution in [1.82, 2.24) is 9.55 Å². The molecule has 0 unspecified atom stereocenters. The summed E-state index contributed by atoms with van der Waals surface area (Å²) in [6, 6.07) is 0. The molecule has 0 N–H and O–H groups in total. The van der Waals surface area contributed by atoms with Gasteiger partial charge in [0.2, 0.25) is 0 Å². The average Bonchev–Trinajstić information content (AvgIpc) is 2.34. The van der Waals surface area contributed by atoms with Gasteiger partial charge in [-0.3, -0.25) is 0 Å². The summed E-state index contributed by atoms with van der Waals surface area (Å²) in [6.07, 6.45) is 4.96. The van der Waals surface area contributed by atoms with Crippen LogP contribution in [0.4, 0.5) is 0 Å². The molecule has 1 aromatic heterocycles. The molecule has 0 radical (unpaired) electrons. The Morgan fingerprint density at radius 1 is 1.55 bits per heavy atom. The smallest absolute Gasteiger partial charge is 0.108 e. The van der Waals surface area contributed by atoms with Gasteiger partial charge in [-0.15, -0.1) is 0 Å². The van der Waals surface area contributed by atoms with Gasteiger partial charge in [-0.05, 0) is 5.92 Å². The number of aromatic nitrogens is 2. The largest absolute Gasteiger partial charge is 0.335 e. The van der Waals surface area contributed by atoms with Crippen LogP contribution in [0.1, 0.15) is 26.6 Å². The SMILES string of the molecule is CCc1nccn1CC(C)C. The van der Waals surface area contributed by atoms with Crippen molar-refractivity contribution in [3.63, 3.8) is 0 Å². The van der Waals surface area contributed by atoms with Gasteiger partial charge >= 0.3 is 0 Å². The van der Waals surface area contributed by atoms with Gasteiger partial charge in [0.25, 0.3) is 0 Å². The average molecular weight is 152 g/mol. The molecular formula is C9H16N2. The maximum absolute atomic E-state index is 4.25. The first-order chi connectivity index (χ1) is 5.24. The van der Waals surface area contributed by atoms with Crippen molar-refractivity contribution in [3.05, 3.63) is 18.2 Å². The molecule has 0 aromatic carbocycles. The lowest BCUT2D eigenvalue weighted by Gasteiger charge is -2.08. The number of hydrogen-bond donors (Lipinski definition) is 0. The van der Waals surface area contributed by atoms with Crippen LogP contribution >= 0.6 is 0 Å². The molecule has 0 bridgehead atoms. The third-order valence-corrected chi connectivity index (χ3v) is 1.68. The predicted octanol–water partition coefficient (Wildman–Crippen LogP) is 2.10. The van der Waals surface area contributed by atoms with Crippen LogP contribution in [0.3, 0.4) is 0 Å². The minimum absolute atomic E-state index is 0.703. The molecule has 0 aliphatic carbocycles. The van der Waals surface area contributed by atoms with E-state index in [1.54, 1.807) is 0 Å². The summed E-state index contributed by atoms with van der Waals surface area (Å²) in [7, 11) is 0. The first-order valence-electron chi connectivity index (χ1n) is 4.24. The van der Waals surface area contributed by atoms with Crippen molar-refractivity contribution in [3.8, 4) is 0 Å². The molecular weight excluding hydrogens is 136 g/mol. The van der Waals surface area contributed by atoms with Crippen molar-refractivity contribution >= 4 is 0 Å². The summed E-state index contributed by atoms with van der Waals surface area (Å²) in [5.41, 5.74) is 0. The van der Waals surface area contributed by atoms with Crippen LogP contribution in [0, 0.1) is 5.92 Å². The molecule has 1 aromatic rings. The molecule has 1 rings (SSSR count). The van der Waals surface area contributed by atoms with Crippen LogP contribution in [0.2, 0.25) is 0 Å². The van der Waals surface area contributed by atoms with Crippen LogP contribution in [0.25, 0.3) is 0 Å². The molecule has 0 saturated carbocycles. The van der Waals surface area contributed by atoms with Gasteiger partial charge in [0.1, 0.15) is 5.82 Å². The van der Waals surface area contributed by atoms with E-state index in [1.165, 1.54) is 5.82 Å².